The molecule has 0 saturated carbocycles. The Morgan fingerprint density at radius 3 is 2.52 bits per heavy atom. The fraction of sp³-hybridized carbons (Fsp3) is 0.167. The van der Waals surface area contributed by atoms with E-state index in [1.54, 1.807) is 11.8 Å². The molecule has 2 nitrogen and oxygen atoms in total. The minimum atomic E-state index is -0.853. The monoisotopic (exact) mass is 295 g/mol. The fourth-order valence-corrected chi connectivity index (χ4v) is 3.41. The van der Waals surface area contributed by atoms with E-state index in [1.807, 2.05) is 62.5 Å². The lowest BCUT2D eigenvalue weighted by molar-refractivity contribution is 0.0758. The van der Waals surface area contributed by atoms with Crippen molar-refractivity contribution in [1.82, 2.24) is 4.98 Å². The summed E-state index contributed by atoms with van der Waals surface area (Å²) in [6, 6.07) is 18.2. The van der Waals surface area contributed by atoms with Gasteiger partial charge < -0.3 is 5.11 Å². The summed E-state index contributed by atoms with van der Waals surface area (Å²) in [5.41, 5.74) is 1.08. The van der Waals surface area contributed by atoms with Crippen molar-refractivity contribution in [3.63, 3.8) is 0 Å². The summed E-state index contributed by atoms with van der Waals surface area (Å²) >= 11 is 1.63. The maximum absolute atomic E-state index is 10.3. The van der Waals surface area contributed by atoms with Crippen LogP contribution >= 0.6 is 11.8 Å². The molecule has 2 aromatic carbocycles. The van der Waals surface area contributed by atoms with Crippen molar-refractivity contribution in [2.24, 2.45) is 0 Å². The Hall–Kier alpha value is -1.84. The summed E-state index contributed by atoms with van der Waals surface area (Å²) in [7, 11) is 0. The number of benzene rings is 2. The topological polar surface area (TPSA) is 33.1 Å². The second-order valence-electron chi connectivity index (χ2n) is 5.52. The van der Waals surface area contributed by atoms with Crippen LogP contribution in [-0.4, -0.2) is 10.1 Å². The van der Waals surface area contributed by atoms with Crippen LogP contribution in [0, 0.1) is 0 Å². The highest BCUT2D eigenvalue weighted by Gasteiger charge is 2.20. The summed E-state index contributed by atoms with van der Waals surface area (Å²) < 4.78 is 0. The SMILES string of the molecule is CC(C)(O)c1ccccc1Sc1cnc2ccccc2c1. The molecule has 106 valence electrons. The van der Waals surface area contributed by atoms with Gasteiger partial charge in [-0.3, -0.25) is 4.98 Å². The number of pyridine rings is 1. The van der Waals surface area contributed by atoms with Gasteiger partial charge in [0, 0.05) is 21.4 Å². The van der Waals surface area contributed by atoms with Gasteiger partial charge in [-0.2, -0.15) is 0 Å². The maximum atomic E-state index is 10.3. The van der Waals surface area contributed by atoms with Crippen LogP contribution in [0.1, 0.15) is 19.4 Å². The molecule has 3 aromatic rings. The molecule has 0 atom stereocenters. The van der Waals surface area contributed by atoms with Gasteiger partial charge in [-0.05, 0) is 37.6 Å². The molecule has 0 amide bonds. The van der Waals surface area contributed by atoms with E-state index in [0.717, 1.165) is 26.3 Å². The third kappa shape index (κ3) is 3.09. The van der Waals surface area contributed by atoms with Crippen molar-refractivity contribution in [3.05, 3.63) is 66.4 Å². The molecule has 1 heterocycles. The average molecular weight is 295 g/mol. The fourth-order valence-electron chi connectivity index (χ4n) is 2.29. The lowest BCUT2D eigenvalue weighted by Crippen LogP contribution is -2.16. The van der Waals surface area contributed by atoms with E-state index in [9.17, 15) is 5.11 Å². The number of rotatable bonds is 3. The molecule has 0 aliphatic rings. The summed E-state index contributed by atoms with van der Waals surface area (Å²) in [6.45, 7) is 3.62. The second kappa shape index (κ2) is 5.51. The molecule has 21 heavy (non-hydrogen) atoms. The van der Waals surface area contributed by atoms with Crippen LogP contribution in [-0.2, 0) is 5.60 Å². The Bertz CT molecular complexity index is 777. The van der Waals surface area contributed by atoms with Crippen molar-refractivity contribution in [2.45, 2.75) is 29.2 Å². The number of fused-ring (bicyclic) bond motifs is 1. The summed E-state index contributed by atoms with van der Waals surface area (Å²) in [5, 5.41) is 11.4. The third-order valence-corrected chi connectivity index (χ3v) is 4.37. The van der Waals surface area contributed by atoms with E-state index in [2.05, 4.69) is 17.1 Å². The maximum Gasteiger partial charge on any atom is 0.0851 e. The number of aliphatic hydroxyl groups is 1. The smallest absolute Gasteiger partial charge is 0.0851 e. The second-order valence-corrected chi connectivity index (χ2v) is 6.64. The highest BCUT2D eigenvalue weighted by molar-refractivity contribution is 7.99. The normalized spacial score (nSPS) is 11.8. The van der Waals surface area contributed by atoms with Gasteiger partial charge in [-0.25, -0.2) is 0 Å². The van der Waals surface area contributed by atoms with Crippen LogP contribution < -0.4 is 0 Å². The predicted molar refractivity (Wildman–Crippen MR) is 87.6 cm³/mol. The lowest BCUT2D eigenvalue weighted by Gasteiger charge is -2.21. The summed E-state index contributed by atoms with van der Waals surface area (Å²) in [4.78, 5) is 6.62. The van der Waals surface area contributed by atoms with Crippen molar-refractivity contribution in [1.29, 1.82) is 0 Å². The summed E-state index contributed by atoms with van der Waals surface area (Å²) in [6.07, 6.45) is 1.88. The molecule has 0 unspecified atom stereocenters. The molecule has 3 rings (SSSR count). The molecule has 1 aromatic heterocycles. The van der Waals surface area contributed by atoms with Crippen molar-refractivity contribution in [2.75, 3.05) is 0 Å². The summed E-state index contributed by atoms with van der Waals surface area (Å²) in [5.74, 6) is 0. The van der Waals surface area contributed by atoms with Gasteiger partial charge in [0.1, 0.15) is 0 Å². The molecule has 1 N–H and O–H groups in total. The zero-order chi connectivity index (χ0) is 14.9. The van der Waals surface area contributed by atoms with E-state index >= 15 is 0 Å². The predicted octanol–water partition coefficient (Wildman–Crippen LogP) is 4.61. The quantitative estimate of drug-likeness (QED) is 0.765. The Morgan fingerprint density at radius 1 is 1.00 bits per heavy atom. The van der Waals surface area contributed by atoms with E-state index in [4.69, 9.17) is 0 Å². The number of hydrogen-bond acceptors (Lipinski definition) is 3. The molecule has 3 heteroatoms. The standard InChI is InChI=1S/C18H17NOS/c1-18(2,20)15-8-4-6-10-17(15)21-14-11-13-7-3-5-9-16(13)19-12-14/h3-12,20H,1-2H3. The van der Waals surface area contributed by atoms with E-state index < -0.39 is 5.60 Å². The molecule has 0 saturated heterocycles. The van der Waals surface area contributed by atoms with Gasteiger partial charge >= 0.3 is 0 Å². The lowest BCUT2D eigenvalue weighted by atomic mass is 9.99. The molecule has 0 radical (unpaired) electrons. The van der Waals surface area contributed by atoms with Gasteiger partial charge in [-0.1, -0.05) is 48.2 Å². The van der Waals surface area contributed by atoms with Gasteiger partial charge in [0.2, 0.25) is 0 Å². The molecular formula is C18H17NOS. The third-order valence-electron chi connectivity index (χ3n) is 3.34. The molecule has 0 fully saturated rings. The van der Waals surface area contributed by atoms with Gasteiger partial charge in [-0.15, -0.1) is 0 Å². The van der Waals surface area contributed by atoms with Gasteiger partial charge in [0.15, 0.2) is 0 Å². The number of hydrogen-bond donors (Lipinski definition) is 1. The molecular weight excluding hydrogens is 278 g/mol. The Morgan fingerprint density at radius 2 is 1.71 bits per heavy atom. The van der Waals surface area contributed by atoms with Crippen LogP contribution in [0.3, 0.4) is 0 Å². The van der Waals surface area contributed by atoms with Crippen LogP contribution in [0.4, 0.5) is 0 Å². The van der Waals surface area contributed by atoms with Crippen molar-refractivity contribution in [3.8, 4) is 0 Å². The number of aromatic nitrogens is 1. The Kier molecular flexibility index (Phi) is 3.70. The first-order valence-corrected chi connectivity index (χ1v) is 7.70. The molecule has 0 bridgehead atoms. The first-order valence-electron chi connectivity index (χ1n) is 6.88. The largest absolute Gasteiger partial charge is 0.386 e. The minimum absolute atomic E-state index is 0.853. The van der Waals surface area contributed by atoms with Crippen LogP contribution in [0.5, 0.6) is 0 Å². The highest BCUT2D eigenvalue weighted by Crippen LogP contribution is 2.35. The van der Waals surface area contributed by atoms with Crippen LogP contribution in [0.2, 0.25) is 0 Å². The average Bonchev–Trinajstić information content (AvgIpc) is 2.46. The highest BCUT2D eigenvalue weighted by atomic mass is 32.2. The minimum Gasteiger partial charge on any atom is -0.386 e. The van der Waals surface area contributed by atoms with E-state index in [0.29, 0.717) is 0 Å². The first kappa shape index (κ1) is 14.1. The van der Waals surface area contributed by atoms with E-state index in [1.165, 1.54) is 0 Å². The van der Waals surface area contributed by atoms with Gasteiger partial charge in [0.25, 0.3) is 0 Å². The van der Waals surface area contributed by atoms with Crippen molar-refractivity contribution >= 4 is 22.7 Å². The van der Waals surface area contributed by atoms with Crippen molar-refractivity contribution < 1.29 is 5.11 Å². The molecule has 0 aliphatic heterocycles. The van der Waals surface area contributed by atoms with Crippen LogP contribution in [0.15, 0.2) is 70.6 Å². The zero-order valence-electron chi connectivity index (χ0n) is 12.1. The van der Waals surface area contributed by atoms with E-state index in [-0.39, 0.29) is 0 Å². The number of para-hydroxylation sites is 1. The number of nitrogens with zero attached hydrogens (tertiary/aromatic N) is 1. The Labute approximate surface area is 128 Å². The molecule has 0 aliphatic carbocycles. The molecule has 0 spiro atoms. The Balaban J connectivity index is 1.99. The van der Waals surface area contributed by atoms with Crippen LogP contribution in [0.25, 0.3) is 10.9 Å². The van der Waals surface area contributed by atoms with Gasteiger partial charge in [0.05, 0.1) is 11.1 Å². The first-order chi connectivity index (χ1) is 10.0. The zero-order valence-corrected chi connectivity index (χ0v) is 12.9.